The minimum atomic E-state index is 1.23. The topological polar surface area (TPSA) is 0 Å². The van der Waals surface area contributed by atoms with E-state index >= 15 is 0 Å². The van der Waals surface area contributed by atoms with E-state index in [4.69, 9.17) is 0 Å². The maximum absolute atomic E-state index is 2.24. The van der Waals surface area contributed by atoms with E-state index in [2.05, 4.69) is 27.7 Å². The second-order valence-electron chi connectivity index (χ2n) is 2.80. The Hall–Kier alpha value is 0. The van der Waals surface area contributed by atoms with Crippen molar-refractivity contribution in [2.24, 2.45) is 0 Å². The Labute approximate surface area is 59.7 Å². The number of hydrogen-bond acceptors (Lipinski definition) is 0. The van der Waals surface area contributed by atoms with E-state index in [0.717, 1.165) is 0 Å². The van der Waals surface area contributed by atoms with E-state index in [-0.39, 0.29) is 0 Å². The molecule has 0 aromatic carbocycles. The Balaban J connectivity index is 3.22. The zero-order valence-corrected chi connectivity index (χ0v) is 7.12. The molecule has 2 radical (unpaired) electrons. The molecular formula is C9H18. The molecule has 0 bridgehead atoms. The van der Waals surface area contributed by atoms with Crippen LogP contribution in [0.15, 0.2) is 0 Å². The molecule has 54 valence electrons. The molecule has 0 nitrogen and oxygen atoms in total. The zero-order chi connectivity index (χ0) is 7.28. The van der Waals surface area contributed by atoms with Gasteiger partial charge in [-0.25, -0.2) is 0 Å². The third-order valence-electron chi connectivity index (χ3n) is 1.81. The van der Waals surface area contributed by atoms with Gasteiger partial charge in [-0.2, -0.15) is 0 Å². The fourth-order valence-electron chi connectivity index (χ4n) is 0.765. The van der Waals surface area contributed by atoms with E-state index in [9.17, 15) is 0 Å². The highest BCUT2D eigenvalue weighted by Gasteiger charge is 2.04. The lowest BCUT2D eigenvalue weighted by Gasteiger charge is -2.11. The maximum Gasteiger partial charge on any atom is -0.0269 e. The molecule has 0 aromatic rings. The van der Waals surface area contributed by atoms with Crippen LogP contribution in [0.1, 0.15) is 47.0 Å². The Morgan fingerprint density at radius 1 is 0.889 bits per heavy atom. The minimum absolute atomic E-state index is 1.23. The lowest BCUT2D eigenvalue weighted by Crippen LogP contribution is -1.96. The highest BCUT2D eigenvalue weighted by atomic mass is 14.1. The number of hydrogen-bond donors (Lipinski definition) is 0. The summed E-state index contributed by atoms with van der Waals surface area (Å²) in [6, 6.07) is 0. The van der Waals surface area contributed by atoms with E-state index in [0.29, 0.717) is 0 Å². The van der Waals surface area contributed by atoms with Crippen LogP contribution >= 0.6 is 0 Å². The van der Waals surface area contributed by atoms with Crippen LogP contribution in [0.25, 0.3) is 0 Å². The van der Waals surface area contributed by atoms with Gasteiger partial charge in [0, 0.05) is 0 Å². The van der Waals surface area contributed by atoms with Crippen molar-refractivity contribution in [3.05, 3.63) is 11.8 Å². The van der Waals surface area contributed by atoms with Crippen molar-refractivity contribution in [3.8, 4) is 0 Å². The van der Waals surface area contributed by atoms with Crippen LogP contribution in [-0.2, 0) is 0 Å². The van der Waals surface area contributed by atoms with Crippen molar-refractivity contribution in [2.75, 3.05) is 0 Å². The second kappa shape index (κ2) is 4.84. The summed E-state index contributed by atoms with van der Waals surface area (Å²) in [6.45, 7) is 8.91. The lowest BCUT2D eigenvalue weighted by molar-refractivity contribution is 0.729. The lowest BCUT2D eigenvalue weighted by atomic mass is 9.94. The molecule has 0 aromatic heterocycles. The summed E-state index contributed by atoms with van der Waals surface area (Å²) in [7, 11) is 0. The summed E-state index contributed by atoms with van der Waals surface area (Å²) >= 11 is 0. The van der Waals surface area contributed by atoms with Crippen molar-refractivity contribution in [1.29, 1.82) is 0 Å². The Morgan fingerprint density at radius 3 is 1.44 bits per heavy atom. The Bertz CT molecular complexity index is 49.1. The quantitative estimate of drug-likeness (QED) is 0.541. The van der Waals surface area contributed by atoms with Crippen LogP contribution in [0.2, 0.25) is 0 Å². The van der Waals surface area contributed by atoms with Gasteiger partial charge in [0.1, 0.15) is 0 Å². The molecule has 0 unspecified atom stereocenters. The first-order valence-corrected chi connectivity index (χ1v) is 3.83. The molecule has 0 heterocycles. The standard InChI is InChI=1S/C9H18/c1-5-8(3)7-9(4)6-2/h5-7H2,1-4H3. The predicted molar refractivity (Wildman–Crippen MR) is 43.0 cm³/mol. The third kappa shape index (κ3) is 4.50. The van der Waals surface area contributed by atoms with Gasteiger partial charge in [0.15, 0.2) is 0 Å². The smallest absolute Gasteiger partial charge is 0.0269 e. The first-order chi connectivity index (χ1) is 4.20. The molecule has 9 heavy (non-hydrogen) atoms. The van der Waals surface area contributed by atoms with Crippen LogP contribution < -0.4 is 0 Å². The van der Waals surface area contributed by atoms with Gasteiger partial charge in [0.05, 0.1) is 0 Å². The molecule has 0 amide bonds. The van der Waals surface area contributed by atoms with Crippen LogP contribution in [0.3, 0.4) is 0 Å². The van der Waals surface area contributed by atoms with E-state index in [1.165, 1.54) is 19.3 Å². The van der Waals surface area contributed by atoms with Crippen LogP contribution in [0.5, 0.6) is 0 Å². The number of rotatable bonds is 4. The summed E-state index contributed by atoms with van der Waals surface area (Å²) in [4.78, 5) is 0. The molecule has 0 heteroatoms. The van der Waals surface area contributed by atoms with Crippen LogP contribution in [0, 0.1) is 11.8 Å². The average Bonchev–Trinajstić information content (AvgIpc) is 1.87. The second-order valence-corrected chi connectivity index (χ2v) is 2.80. The van der Waals surface area contributed by atoms with E-state index < -0.39 is 0 Å². The Morgan fingerprint density at radius 2 is 1.22 bits per heavy atom. The molecule has 0 aliphatic heterocycles. The first kappa shape index (κ1) is 9.00. The monoisotopic (exact) mass is 126 g/mol. The van der Waals surface area contributed by atoms with Gasteiger partial charge in [0.2, 0.25) is 0 Å². The van der Waals surface area contributed by atoms with Gasteiger partial charge < -0.3 is 0 Å². The molecule has 0 aliphatic carbocycles. The van der Waals surface area contributed by atoms with Gasteiger partial charge in [-0.15, -0.1) is 0 Å². The van der Waals surface area contributed by atoms with Gasteiger partial charge >= 0.3 is 0 Å². The first-order valence-electron chi connectivity index (χ1n) is 3.83. The summed E-state index contributed by atoms with van der Waals surface area (Å²) in [6.07, 6.45) is 3.71. The van der Waals surface area contributed by atoms with Gasteiger partial charge in [-0.05, 0) is 18.3 Å². The zero-order valence-electron chi connectivity index (χ0n) is 7.12. The van der Waals surface area contributed by atoms with Gasteiger partial charge in [-0.3, -0.25) is 0 Å². The molecule has 0 rings (SSSR count). The highest BCUT2D eigenvalue weighted by Crippen LogP contribution is 2.19. The fraction of sp³-hybridized carbons (Fsp3) is 0.778. The highest BCUT2D eigenvalue weighted by molar-refractivity contribution is 4.96. The minimum Gasteiger partial charge on any atom is -0.0648 e. The van der Waals surface area contributed by atoms with Crippen molar-refractivity contribution in [3.63, 3.8) is 0 Å². The van der Waals surface area contributed by atoms with E-state index in [1.807, 2.05) is 0 Å². The molecule has 0 spiro atoms. The molecular weight excluding hydrogens is 108 g/mol. The fourth-order valence-corrected chi connectivity index (χ4v) is 0.765. The molecule has 0 saturated carbocycles. The van der Waals surface area contributed by atoms with Crippen LogP contribution in [-0.4, -0.2) is 0 Å². The molecule has 0 N–H and O–H groups in total. The summed E-state index contributed by atoms with van der Waals surface area (Å²) in [5.74, 6) is 3.21. The van der Waals surface area contributed by atoms with E-state index in [1.54, 1.807) is 11.8 Å². The molecule has 0 fully saturated rings. The third-order valence-corrected chi connectivity index (χ3v) is 1.81. The van der Waals surface area contributed by atoms with Gasteiger partial charge in [-0.1, -0.05) is 40.5 Å². The normalized spacial score (nSPS) is 11.3. The Kier molecular flexibility index (Phi) is 4.84. The maximum atomic E-state index is 2.24. The SMILES string of the molecule is CC[C](C)C[C](C)CC. The van der Waals surface area contributed by atoms with Crippen molar-refractivity contribution in [1.82, 2.24) is 0 Å². The largest absolute Gasteiger partial charge is 0.0648 e. The van der Waals surface area contributed by atoms with Crippen LogP contribution in [0.4, 0.5) is 0 Å². The van der Waals surface area contributed by atoms with Crippen molar-refractivity contribution in [2.45, 2.75) is 47.0 Å². The van der Waals surface area contributed by atoms with Crippen molar-refractivity contribution >= 4 is 0 Å². The summed E-state index contributed by atoms with van der Waals surface area (Å²) in [5.41, 5.74) is 0. The van der Waals surface area contributed by atoms with Gasteiger partial charge in [0.25, 0.3) is 0 Å². The molecule has 0 saturated heterocycles. The summed E-state index contributed by atoms with van der Waals surface area (Å²) < 4.78 is 0. The van der Waals surface area contributed by atoms with Crippen molar-refractivity contribution < 1.29 is 0 Å². The molecule has 0 atom stereocenters. The summed E-state index contributed by atoms with van der Waals surface area (Å²) in [5, 5.41) is 0. The average molecular weight is 126 g/mol. The molecule has 0 aliphatic rings. The predicted octanol–water partition coefficient (Wildman–Crippen LogP) is 3.39.